The minimum atomic E-state index is -0.481. The van der Waals surface area contributed by atoms with Crippen LogP contribution in [0.1, 0.15) is 5.56 Å². The largest absolute Gasteiger partial charge is 0.366 e. The van der Waals surface area contributed by atoms with Crippen molar-refractivity contribution in [3.63, 3.8) is 0 Å². The summed E-state index contributed by atoms with van der Waals surface area (Å²) in [4.78, 5) is 9.47. The lowest BCUT2D eigenvalue weighted by atomic mass is 10.2. The van der Waals surface area contributed by atoms with Crippen LogP contribution < -0.4 is 5.73 Å². The lowest BCUT2D eigenvalue weighted by Gasteiger charge is -1.85. The molecule has 0 aromatic heterocycles. The Morgan fingerprint density at radius 3 is 1.92 bits per heavy atom. The monoisotopic (exact) mass is 175 g/mol. The highest BCUT2D eigenvalue weighted by Crippen LogP contribution is 1.97. The van der Waals surface area contributed by atoms with Gasteiger partial charge in [-0.1, -0.05) is 49.6 Å². The van der Waals surface area contributed by atoms with Gasteiger partial charge in [-0.3, -0.25) is 4.79 Å². The van der Waals surface area contributed by atoms with Crippen LogP contribution in [0.25, 0.3) is 6.08 Å². The van der Waals surface area contributed by atoms with Crippen LogP contribution in [-0.4, -0.2) is 5.91 Å². The first kappa shape index (κ1) is 11.2. The zero-order valence-electron chi connectivity index (χ0n) is 7.44. The van der Waals surface area contributed by atoms with E-state index >= 15 is 0 Å². The first-order valence-corrected chi connectivity index (χ1v) is 3.80. The number of amides is 1. The van der Waals surface area contributed by atoms with Gasteiger partial charge in [0.25, 0.3) is 0 Å². The summed E-state index contributed by atoms with van der Waals surface area (Å²) in [6, 6.07) is 10.0. The molecule has 0 saturated heterocycles. The summed E-state index contributed by atoms with van der Waals surface area (Å²) in [5.41, 5.74) is 5.71. The number of hydrogen-bond acceptors (Lipinski definition) is 1. The Bertz CT molecular complexity index is 277. The van der Waals surface area contributed by atoms with Crippen molar-refractivity contribution >= 4 is 12.0 Å². The summed E-state index contributed by atoms with van der Waals surface area (Å²) >= 11 is 0. The van der Waals surface area contributed by atoms with Crippen molar-refractivity contribution in [1.82, 2.24) is 0 Å². The molecule has 0 saturated carbocycles. The summed E-state index contributed by atoms with van der Waals surface area (Å²) in [5, 5.41) is 0. The predicted octanol–water partition coefficient (Wildman–Crippen LogP) is 1.99. The first-order valence-electron chi connectivity index (χ1n) is 3.80. The Balaban J connectivity index is 0.000000252. The zero-order chi connectivity index (χ0) is 10.1. The molecule has 0 atom stereocenters. The van der Waals surface area contributed by atoms with E-state index in [1.54, 1.807) is 0 Å². The molecule has 0 unspecified atom stereocenters. The summed E-state index contributed by atoms with van der Waals surface area (Å²) in [5.74, 6) is -0.481. The molecule has 0 aliphatic heterocycles. The lowest BCUT2D eigenvalue weighted by molar-refractivity contribution is -0.113. The molecule has 0 spiro atoms. The van der Waals surface area contributed by atoms with E-state index in [9.17, 15) is 4.79 Å². The number of carbonyl (C=O) groups excluding carboxylic acids is 1. The summed E-state index contributed by atoms with van der Waals surface area (Å²) in [6.07, 6.45) is 2.89. The molecule has 0 fully saturated rings. The van der Waals surface area contributed by atoms with Crippen molar-refractivity contribution in [3.05, 3.63) is 55.1 Å². The quantitative estimate of drug-likeness (QED) is 0.686. The van der Waals surface area contributed by atoms with E-state index in [0.717, 1.165) is 6.08 Å². The average molecular weight is 175 g/mol. The van der Waals surface area contributed by atoms with Gasteiger partial charge in [0.1, 0.15) is 0 Å². The molecule has 0 aliphatic rings. The normalized spacial score (nSPS) is 7.69. The molecule has 0 radical (unpaired) electrons. The summed E-state index contributed by atoms with van der Waals surface area (Å²) in [6.45, 7) is 6.72. The maximum Gasteiger partial charge on any atom is 0.240 e. The number of nitrogens with two attached hydrogens (primary N) is 1. The molecule has 0 aliphatic carbocycles. The van der Waals surface area contributed by atoms with Crippen molar-refractivity contribution in [2.75, 3.05) is 0 Å². The number of benzene rings is 1. The zero-order valence-corrected chi connectivity index (χ0v) is 7.44. The minimum absolute atomic E-state index is 0.481. The van der Waals surface area contributed by atoms with Crippen molar-refractivity contribution in [1.29, 1.82) is 0 Å². The molecular formula is C11H13NO. The van der Waals surface area contributed by atoms with Gasteiger partial charge < -0.3 is 5.73 Å². The second-order valence-corrected chi connectivity index (χ2v) is 2.22. The Kier molecular flexibility index (Phi) is 5.89. The number of primary amides is 1. The van der Waals surface area contributed by atoms with E-state index < -0.39 is 5.91 Å². The van der Waals surface area contributed by atoms with Crippen molar-refractivity contribution in [3.8, 4) is 0 Å². The molecule has 2 nitrogen and oxygen atoms in total. The predicted molar refractivity (Wildman–Crippen MR) is 55.9 cm³/mol. The first-order chi connectivity index (χ1) is 6.20. The molecule has 1 aromatic carbocycles. The Morgan fingerprint density at radius 1 is 1.23 bits per heavy atom. The van der Waals surface area contributed by atoms with Crippen LogP contribution in [0.15, 0.2) is 49.6 Å². The third kappa shape index (κ3) is 6.56. The van der Waals surface area contributed by atoms with Crippen LogP contribution in [0.2, 0.25) is 0 Å². The Labute approximate surface area is 78.4 Å². The van der Waals surface area contributed by atoms with Gasteiger partial charge in [-0.05, 0) is 11.6 Å². The van der Waals surface area contributed by atoms with E-state index in [-0.39, 0.29) is 0 Å². The fourth-order valence-electron chi connectivity index (χ4n) is 0.589. The molecule has 1 rings (SSSR count). The van der Waals surface area contributed by atoms with Crippen LogP contribution in [-0.2, 0) is 4.79 Å². The molecule has 2 N–H and O–H groups in total. The third-order valence-corrected chi connectivity index (χ3v) is 1.24. The van der Waals surface area contributed by atoms with Gasteiger partial charge in [-0.15, -0.1) is 0 Å². The van der Waals surface area contributed by atoms with Crippen LogP contribution in [0.3, 0.4) is 0 Å². The summed E-state index contributed by atoms with van der Waals surface area (Å²) < 4.78 is 0. The molecule has 2 heteroatoms. The van der Waals surface area contributed by atoms with E-state index in [1.807, 2.05) is 36.4 Å². The highest BCUT2D eigenvalue weighted by atomic mass is 16.1. The van der Waals surface area contributed by atoms with Crippen molar-refractivity contribution in [2.45, 2.75) is 0 Å². The van der Waals surface area contributed by atoms with E-state index in [2.05, 4.69) is 18.9 Å². The van der Waals surface area contributed by atoms with Crippen LogP contribution >= 0.6 is 0 Å². The molecule has 1 aromatic rings. The molecule has 68 valence electrons. The minimum Gasteiger partial charge on any atom is -0.366 e. The molecular weight excluding hydrogens is 162 g/mol. The number of carbonyl (C=O) groups is 1. The van der Waals surface area contributed by atoms with Crippen LogP contribution in [0.5, 0.6) is 0 Å². The smallest absolute Gasteiger partial charge is 0.240 e. The highest BCUT2D eigenvalue weighted by molar-refractivity contribution is 5.84. The maximum absolute atomic E-state index is 9.47. The third-order valence-electron chi connectivity index (χ3n) is 1.24. The maximum atomic E-state index is 9.47. The number of rotatable bonds is 2. The summed E-state index contributed by atoms with van der Waals surface area (Å²) in [7, 11) is 0. The van der Waals surface area contributed by atoms with Crippen LogP contribution in [0, 0.1) is 0 Å². The van der Waals surface area contributed by atoms with Gasteiger partial charge in [-0.25, -0.2) is 0 Å². The van der Waals surface area contributed by atoms with Gasteiger partial charge >= 0.3 is 0 Å². The highest BCUT2D eigenvalue weighted by Gasteiger charge is 1.75. The molecule has 0 heterocycles. The van der Waals surface area contributed by atoms with E-state index in [4.69, 9.17) is 0 Å². The lowest BCUT2D eigenvalue weighted by Crippen LogP contribution is -2.04. The average Bonchev–Trinajstić information content (AvgIpc) is 2.20. The second-order valence-electron chi connectivity index (χ2n) is 2.22. The molecule has 1 amide bonds. The Hall–Kier alpha value is -1.83. The fourth-order valence-corrected chi connectivity index (χ4v) is 0.589. The van der Waals surface area contributed by atoms with E-state index in [0.29, 0.717) is 0 Å². The van der Waals surface area contributed by atoms with Gasteiger partial charge in [-0.2, -0.15) is 0 Å². The SMILES string of the molecule is C=CC(N)=O.C=Cc1ccccc1. The molecule has 13 heavy (non-hydrogen) atoms. The molecule has 0 bridgehead atoms. The van der Waals surface area contributed by atoms with E-state index in [1.165, 1.54) is 5.56 Å². The standard InChI is InChI=1S/C8H8.C3H5NO/c1-2-8-6-4-3-5-7-8;1-2-3(4)5/h2-7H,1H2;2H,1H2,(H2,4,5). The second kappa shape index (κ2) is 6.85. The van der Waals surface area contributed by atoms with Crippen molar-refractivity contribution < 1.29 is 4.79 Å². The van der Waals surface area contributed by atoms with Crippen molar-refractivity contribution in [2.24, 2.45) is 5.73 Å². The topological polar surface area (TPSA) is 43.1 Å². The van der Waals surface area contributed by atoms with Gasteiger partial charge in [0, 0.05) is 0 Å². The number of hydrogen-bond donors (Lipinski definition) is 1. The van der Waals surface area contributed by atoms with Gasteiger partial charge in [0.2, 0.25) is 5.91 Å². The van der Waals surface area contributed by atoms with Crippen LogP contribution in [0.4, 0.5) is 0 Å². The fraction of sp³-hybridized carbons (Fsp3) is 0. The van der Waals surface area contributed by atoms with Gasteiger partial charge in [0.05, 0.1) is 0 Å². The Morgan fingerprint density at radius 2 is 1.69 bits per heavy atom. The van der Waals surface area contributed by atoms with Gasteiger partial charge in [0.15, 0.2) is 0 Å².